The SMILES string of the molecule is NC(=O)CC(=O)N1CCC(Nc2ncnc3ccc(C(c4ccc(Cl)cc4)c4ccc(Cl)cc4)cc23)CC1. The Kier molecular flexibility index (Phi) is 7.77. The molecule has 1 saturated heterocycles. The minimum absolute atomic E-state index is 0.0403. The Morgan fingerprint density at radius 1 is 0.895 bits per heavy atom. The van der Waals surface area contributed by atoms with E-state index >= 15 is 0 Å². The van der Waals surface area contributed by atoms with Gasteiger partial charge in [0.1, 0.15) is 18.6 Å². The third kappa shape index (κ3) is 5.90. The third-order valence-corrected chi connectivity index (χ3v) is 7.42. The molecule has 194 valence electrons. The number of piperidine rings is 1. The van der Waals surface area contributed by atoms with Crippen LogP contribution in [-0.4, -0.2) is 45.8 Å². The van der Waals surface area contributed by atoms with Crippen molar-refractivity contribution in [2.24, 2.45) is 5.73 Å². The van der Waals surface area contributed by atoms with Gasteiger partial charge in [-0.15, -0.1) is 0 Å². The number of anilines is 1. The molecule has 38 heavy (non-hydrogen) atoms. The van der Waals surface area contributed by atoms with Crippen LogP contribution in [0.15, 0.2) is 73.1 Å². The number of carbonyl (C=O) groups excluding carboxylic acids is 2. The van der Waals surface area contributed by atoms with Crippen molar-refractivity contribution in [1.82, 2.24) is 14.9 Å². The Bertz CT molecular complexity index is 1410. The highest BCUT2D eigenvalue weighted by Crippen LogP contribution is 2.35. The van der Waals surface area contributed by atoms with Gasteiger partial charge in [0.25, 0.3) is 0 Å². The number of nitrogens with one attached hydrogen (secondary N) is 1. The van der Waals surface area contributed by atoms with Crippen molar-refractivity contribution in [2.75, 3.05) is 18.4 Å². The summed E-state index contributed by atoms with van der Waals surface area (Å²) in [5.41, 5.74) is 9.32. The molecule has 1 aliphatic heterocycles. The summed E-state index contributed by atoms with van der Waals surface area (Å²) in [7, 11) is 0. The number of nitrogens with zero attached hydrogens (tertiary/aromatic N) is 3. The summed E-state index contributed by atoms with van der Waals surface area (Å²) >= 11 is 12.4. The van der Waals surface area contributed by atoms with Crippen LogP contribution in [0.1, 0.15) is 41.9 Å². The number of fused-ring (bicyclic) bond motifs is 1. The summed E-state index contributed by atoms with van der Waals surface area (Å²) in [4.78, 5) is 34.0. The second-order valence-electron chi connectivity index (χ2n) is 9.48. The van der Waals surface area contributed by atoms with E-state index < -0.39 is 5.91 Å². The van der Waals surface area contributed by atoms with Crippen LogP contribution >= 0.6 is 23.2 Å². The maximum Gasteiger partial charge on any atom is 0.231 e. The molecule has 0 spiro atoms. The number of benzene rings is 3. The van der Waals surface area contributed by atoms with E-state index in [4.69, 9.17) is 28.9 Å². The molecule has 7 nitrogen and oxygen atoms in total. The molecule has 2 amide bonds. The van der Waals surface area contributed by atoms with Gasteiger partial charge in [0.05, 0.1) is 5.52 Å². The van der Waals surface area contributed by atoms with Gasteiger partial charge in [-0.3, -0.25) is 9.59 Å². The van der Waals surface area contributed by atoms with Crippen molar-refractivity contribution < 1.29 is 9.59 Å². The fourth-order valence-electron chi connectivity index (χ4n) is 4.98. The molecule has 1 aliphatic rings. The first-order valence-corrected chi connectivity index (χ1v) is 13.2. The van der Waals surface area contributed by atoms with Crippen molar-refractivity contribution >= 4 is 51.7 Å². The highest BCUT2D eigenvalue weighted by atomic mass is 35.5. The molecule has 0 unspecified atom stereocenters. The molecular weight excluding hydrogens is 521 g/mol. The Morgan fingerprint density at radius 2 is 1.47 bits per heavy atom. The summed E-state index contributed by atoms with van der Waals surface area (Å²) in [5, 5.41) is 5.86. The van der Waals surface area contributed by atoms with Crippen LogP contribution < -0.4 is 11.1 Å². The number of hydrogen-bond acceptors (Lipinski definition) is 5. The quantitative estimate of drug-likeness (QED) is 0.238. The number of likely N-dealkylation sites (tertiary alicyclic amines) is 1. The first-order valence-electron chi connectivity index (χ1n) is 12.5. The normalized spacial score (nSPS) is 14.1. The molecule has 0 radical (unpaired) electrons. The molecule has 3 N–H and O–H groups in total. The van der Waals surface area contributed by atoms with Crippen molar-refractivity contribution in [3.63, 3.8) is 0 Å². The first-order chi connectivity index (χ1) is 18.4. The number of primary amides is 1. The zero-order chi connectivity index (χ0) is 26.6. The molecular formula is C29H27Cl2N5O2. The predicted molar refractivity (Wildman–Crippen MR) is 150 cm³/mol. The fourth-order valence-corrected chi connectivity index (χ4v) is 5.24. The largest absolute Gasteiger partial charge is 0.369 e. The molecule has 2 heterocycles. The average molecular weight is 548 g/mol. The van der Waals surface area contributed by atoms with E-state index in [9.17, 15) is 9.59 Å². The van der Waals surface area contributed by atoms with Crippen molar-refractivity contribution in [2.45, 2.75) is 31.2 Å². The van der Waals surface area contributed by atoms with E-state index in [0.717, 1.165) is 46.3 Å². The lowest BCUT2D eigenvalue weighted by Crippen LogP contribution is -2.43. The smallest absolute Gasteiger partial charge is 0.231 e. The first kappa shape index (κ1) is 25.9. The van der Waals surface area contributed by atoms with E-state index in [1.807, 2.05) is 54.6 Å². The van der Waals surface area contributed by atoms with Gasteiger partial charge >= 0.3 is 0 Å². The number of carbonyl (C=O) groups is 2. The molecule has 0 aliphatic carbocycles. The highest BCUT2D eigenvalue weighted by Gasteiger charge is 2.25. The zero-order valence-corrected chi connectivity index (χ0v) is 22.1. The predicted octanol–water partition coefficient (Wildman–Crippen LogP) is 5.40. The van der Waals surface area contributed by atoms with E-state index in [2.05, 4.69) is 27.4 Å². The monoisotopic (exact) mass is 547 g/mol. The molecule has 0 atom stereocenters. The van der Waals surface area contributed by atoms with Gasteiger partial charge in [-0.1, -0.05) is 53.5 Å². The molecule has 4 aromatic rings. The Hall–Kier alpha value is -3.68. The summed E-state index contributed by atoms with van der Waals surface area (Å²) < 4.78 is 0. The van der Waals surface area contributed by atoms with E-state index in [0.29, 0.717) is 23.1 Å². The molecule has 1 fully saturated rings. The van der Waals surface area contributed by atoms with Crippen LogP contribution in [0.4, 0.5) is 5.82 Å². The third-order valence-electron chi connectivity index (χ3n) is 6.91. The molecule has 9 heteroatoms. The maximum atomic E-state index is 12.2. The van der Waals surface area contributed by atoms with E-state index in [-0.39, 0.29) is 24.3 Å². The lowest BCUT2D eigenvalue weighted by molar-refractivity contribution is -0.135. The van der Waals surface area contributed by atoms with Gasteiger partial charge < -0.3 is 16.0 Å². The van der Waals surface area contributed by atoms with E-state index in [1.54, 1.807) is 11.2 Å². The zero-order valence-electron chi connectivity index (χ0n) is 20.6. The van der Waals surface area contributed by atoms with Crippen LogP contribution in [0.2, 0.25) is 10.0 Å². The van der Waals surface area contributed by atoms with Crippen LogP contribution in [-0.2, 0) is 9.59 Å². The van der Waals surface area contributed by atoms with Gasteiger partial charge in [-0.2, -0.15) is 0 Å². The number of amides is 2. The topological polar surface area (TPSA) is 101 Å². The van der Waals surface area contributed by atoms with Crippen LogP contribution in [0, 0.1) is 0 Å². The number of aromatic nitrogens is 2. The Balaban J connectivity index is 1.44. The molecule has 0 saturated carbocycles. The summed E-state index contributed by atoms with van der Waals surface area (Å²) in [6, 6.07) is 22.1. The summed E-state index contributed by atoms with van der Waals surface area (Å²) in [5.74, 6) is -0.108. The Labute approximate surface area is 231 Å². The summed E-state index contributed by atoms with van der Waals surface area (Å²) in [6.07, 6.45) is 2.80. The lowest BCUT2D eigenvalue weighted by Gasteiger charge is -2.32. The molecule has 1 aromatic heterocycles. The number of nitrogens with two attached hydrogens (primary N) is 1. The van der Waals surface area contributed by atoms with Crippen LogP contribution in [0.3, 0.4) is 0 Å². The second-order valence-corrected chi connectivity index (χ2v) is 10.4. The minimum Gasteiger partial charge on any atom is -0.369 e. The van der Waals surface area contributed by atoms with Gasteiger partial charge in [-0.25, -0.2) is 9.97 Å². The number of rotatable bonds is 7. The van der Waals surface area contributed by atoms with Gasteiger partial charge in [0.2, 0.25) is 11.8 Å². The van der Waals surface area contributed by atoms with Crippen molar-refractivity contribution in [1.29, 1.82) is 0 Å². The number of hydrogen-bond donors (Lipinski definition) is 2. The fraction of sp³-hybridized carbons (Fsp3) is 0.241. The second kappa shape index (κ2) is 11.4. The van der Waals surface area contributed by atoms with Gasteiger partial charge in [0, 0.05) is 40.5 Å². The van der Waals surface area contributed by atoms with Gasteiger partial charge in [0.15, 0.2) is 0 Å². The van der Waals surface area contributed by atoms with E-state index in [1.165, 1.54) is 0 Å². The van der Waals surface area contributed by atoms with Crippen LogP contribution in [0.25, 0.3) is 10.9 Å². The lowest BCUT2D eigenvalue weighted by atomic mass is 9.84. The van der Waals surface area contributed by atoms with Crippen molar-refractivity contribution in [3.05, 3.63) is 99.8 Å². The maximum absolute atomic E-state index is 12.2. The minimum atomic E-state index is -0.603. The van der Waals surface area contributed by atoms with Crippen LogP contribution in [0.5, 0.6) is 0 Å². The standard InChI is InChI=1S/C29H27Cl2N5O2/c30-21-6-1-18(2-7-21)28(19-3-8-22(31)9-4-19)20-5-10-25-24(15-20)29(34-17-33-25)35-23-11-13-36(14-12-23)27(38)16-26(32)37/h1-10,15,17,23,28H,11-14,16H2,(H2,32,37)(H,33,34,35). The van der Waals surface area contributed by atoms with Gasteiger partial charge in [-0.05, 0) is 65.9 Å². The highest BCUT2D eigenvalue weighted by molar-refractivity contribution is 6.30. The number of halogens is 2. The molecule has 5 rings (SSSR count). The molecule has 3 aromatic carbocycles. The molecule has 0 bridgehead atoms. The summed E-state index contributed by atoms with van der Waals surface area (Å²) in [6.45, 7) is 1.13. The van der Waals surface area contributed by atoms with Crippen molar-refractivity contribution in [3.8, 4) is 0 Å². The average Bonchev–Trinajstić information content (AvgIpc) is 2.91. The Morgan fingerprint density at radius 3 is 2.05 bits per heavy atom.